The topological polar surface area (TPSA) is 92.2 Å². The van der Waals surface area contributed by atoms with Gasteiger partial charge in [0.15, 0.2) is 11.0 Å². The summed E-state index contributed by atoms with van der Waals surface area (Å²) in [6, 6.07) is 3.02. The first-order valence-electron chi connectivity index (χ1n) is 11.0. The SMILES string of the molecule is CC1(C)CCC2(CC1)C[C@@H](C(=O)O)[C@H](c1ccnc(Cl)c1F)C21C(=O)Nc2cc(Cl)ncc21. The van der Waals surface area contributed by atoms with Crippen LogP contribution < -0.4 is 5.32 Å². The van der Waals surface area contributed by atoms with E-state index < -0.39 is 34.5 Å². The Morgan fingerprint density at radius 3 is 2.58 bits per heavy atom. The number of pyridine rings is 2. The molecule has 2 spiro atoms. The lowest BCUT2D eigenvalue weighted by atomic mass is 9.51. The molecule has 6 nitrogen and oxygen atoms in total. The average molecular weight is 492 g/mol. The summed E-state index contributed by atoms with van der Waals surface area (Å²) in [6.07, 6.45) is 6.13. The number of rotatable bonds is 2. The Bertz CT molecular complexity index is 1180. The molecule has 3 atom stereocenters. The molecule has 5 rings (SSSR count). The molecule has 2 aromatic heterocycles. The van der Waals surface area contributed by atoms with Crippen LogP contribution >= 0.6 is 23.2 Å². The van der Waals surface area contributed by atoms with Gasteiger partial charge in [-0.2, -0.15) is 0 Å². The minimum Gasteiger partial charge on any atom is -0.481 e. The van der Waals surface area contributed by atoms with Crippen LogP contribution in [0.5, 0.6) is 0 Å². The Morgan fingerprint density at radius 2 is 1.91 bits per heavy atom. The molecule has 0 saturated heterocycles. The van der Waals surface area contributed by atoms with Gasteiger partial charge in [0.1, 0.15) is 5.15 Å². The average Bonchev–Trinajstić information content (AvgIpc) is 3.20. The quantitative estimate of drug-likeness (QED) is 0.534. The van der Waals surface area contributed by atoms with E-state index in [4.69, 9.17) is 23.2 Å². The van der Waals surface area contributed by atoms with Crippen LogP contribution in [0.15, 0.2) is 24.5 Å². The van der Waals surface area contributed by atoms with Gasteiger partial charge in [-0.1, -0.05) is 37.0 Å². The maximum atomic E-state index is 15.4. The van der Waals surface area contributed by atoms with E-state index >= 15 is 4.39 Å². The number of carbonyl (C=O) groups excluding carboxylic acids is 1. The lowest BCUT2D eigenvalue weighted by Gasteiger charge is -2.50. The summed E-state index contributed by atoms with van der Waals surface area (Å²) in [6.45, 7) is 4.36. The number of amides is 1. The van der Waals surface area contributed by atoms with Gasteiger partial charge in [0, 0.05) is 29.6 Å². The maximum Gasteiger partial charge on any atom is 0.307 e. The highest BCUT2D eigenvalue weighted by molar-refractivity contribution is 6.30. The molecule has 0 aromatic carbocycles. The van der Waals surface area contributed by atoms with Crippen LogP contribution in [0.25, 0.3) is 0 Å². The molecule has 2 aliphatic carbocycles. The number of aromatic nitrogens is 2. The number of hydrogen-bond donors (Lipinski definition) is 2. The number of fused-ring (bicyclic) bond motifs is 3. The standard InChI is InChI=1S/C24H24Cl2FN3O3/c1-22(2)4-6-23(7-5-22)10-13(20(31)32)17(12-3-8-28-19(26)18(12)27)24(23)14-11-29-16(25)9-15(14)30-21(24)33/h3,8-9,11,13,17H,4-7,10H2,1-2H3,(H,30,33)(H,31,32)/t13-,17+,24?/m1/s1. The van der Waals surface area contributed by atoms with Crippen molar-refractivity contribution in [2.45, 2.75) is 57.3 Å². The Balaban J connectivity index is 1.83. The first-order chi connectivity index (χ1) is 15.5. The Kier molecular flexibility index (Phi) is 5.04. The molecule has 1 aliphatic heterocycles. The molecule has 33 heavy (non-hydrogen) atoms. The Hall–Kier alpha value is -2.25. The van der Waals surface area contributed by atoms with Gasteiger partial charge in [0.25, 0.3) is 0 Å². The molecule has 1 amide bonds. The predicted octanol–water partition coefficient (Wildman–Crippen LogP) is 5.59. The van der Waals surface area contributed by atoms with E-state index in [-0.39, 0.29) is 33.6 Å². The summed E-state index contributed by atoms with van der Waals surface area (Å²) in [5.74, 6) is -4.13. The molecule has 0 radical (unpaired) electrons. The zero-order valence-corrected chi connectivity index (χ0v) is 19.8. The normalized spacial score (nSPS) is 29.3. The van der Waals surface area contributed by atoms with E-state index in [0.717, 1.165) is 12.8 Å². The minimum atomic E-state index is -1.31. The molecule has 1 unspecified atom stereocenters. The molecule has 3 heterocycles. The van der Waals surface area contributed by atoms with Crippen LogP contribution in [0.2, 0.25) is 10.3 Å². The summed E-state index contributed by atoms with van der Waals surface area (Å²) >= 11 is 12.1. The van der Waals surface area contributed by atoms with Crippen molar-refractivity contribution in [2.24, 2.45) is 16.7 Å². The van der Waals surface area contributed by atoms with Gasteiger partial charge in [-0.15, -0.1) is 0 Å². The zero-order valence-electron chi connectivity index (χ0n) is 18.3. The highest BCUT2D eigenvalue weighted by atomic mass is 35.5. The van der Waals surface area contributed by atoms with Crippen molar-refractivity contribution in [1.82, 2.24) is 9.97 Å². The first-order valence-corrected chi connectivity index (χ1v) is 11.8. The number of carbonyl (C=O) groups is 2. The van der Waals surface area contributed by atoms with Crippen LogP contribution in [0.3, 0.4) is 0 Å². The fourth-order valence-electron chi connectivity index (χ4n) is 6.71. The van der Waals surface area contributed by atoms with E-state index in [1.165, 1.54) is 12.3 Å². The number of carboxylic acid groups (broad SMARTS) is 1. The van der Waals surface area contributed by atoms with Crippen LogP contribution in [0, 0.1) is 22.6 Å². The predicted molar refractivity (Wildman–Crippen MR) is 122 cm³/mol. The lowest BCUT2D eigenvalue weighted by Crippen LogP contribution is -2.52. The third kappa shape index (κ3) is 3.04. The summed E-state index contributed by atoms with van der Waals surface area (Å²) in [5.41, 5.74) is -0.737. The Labute approximate surface area is 200 Å². The largest absolute Gasteiger partial charge is 0.481 e. The minimum absolute atomic E-state index is 0.0740. The fourth-order valence-corrected chi connectivity index (χ4v) is 7.04. The molecule has 2 fully saturated rings. The Morgan fingerprint density at radius 1 is 1.21 bits per heavy atom. The van der Waals surface area contributed by atoms with Crippen molar-refractivity contribution >= 4 is 40.8 Å². The molecule has 9 heteroatoms. The third-order valence-electron chi connectivity index (χ3n) is 8.31. The summed E-state index contributed by atoms with van der Waals surface area (Å²) in [7, 11) is 0. The van der Waals surface area contributed by atoms with E-state index in [1.54, 1.807) is 12.3 Å². The highest BCUT2D eigenvalue weighted by Gasteiger charge is 2.73. The van der Waals surface area contributed by atoms with Crippen LogP contribution in [0.1, 0.15) is 63.0 Å². The second-order valence-electron chi connectivity index (χ2n) is 10.4. The second-order valence-corrected chi connectivity index (χ2v) is 11.1. The fraction of sp³-hybridized carbons (Fsp3) is 0.500. The van der Waals surface area contributed by atoms with Crippen LogP contribution in [-0.4, -0.2) is 27.0 Å². The summed E-state index contributed by atoms with van der Waals surface area (Å²) in [4.78, 5) is 34.7. The van der Waals surface area contributed by atoms with Crippen LogP contribution in [-0.2, 0) is 15.0 Å². The number of anilines is 1. The van der Waals surface area contributed by atoms with E-state index in [2.05, 4.69) is 29.1 Å². The van der Waals surface area contributed by atoms with E-state index in [1.807, 2.05) is 0 Å². The lowest BCUT2D eigenvalue weighted by molar-refractivity contribution is -0.142. The van der Waals surface area contributed by atoms with Crippen LogP contribution in [0.4, 0.5) is 10.1 Å². The highest BCUT2D eigenvalue weighted by Crippen LogP contribution is 2.72. The van der Waals surface area contributed by atoms with Gasteiger partial charge in [-0.3, -0.25) is 9.59 Å². The molecule has 174 valence electrons. The van der Waals surface area contributed by atoms with Gasteiger partial charge in [0.05, 0.1) is 11.3 Å². The third-order valence-corrected chi connectivity index (χ3v) is 8.78. The monoisotopic (exact) mass is 491 g/mol. The van der Waals surface area contributed by atoms with Crippen molar-refractivity contribution in [3.05, 3.63) is 51.8 Å². The first kappa shape index (κ1) is 22.5. The smallest absolute Gasteiger partial charge is 0.307 e. The van der Waals surface area contributed by atoms with Crippen molar-refractivity contribution < 1.29 is 19.1 Å². The number of aliphatic carboxylic acids is 1. The molecule has 2 aromatic rings. The second kappa shape index (κ2) is 7.37. The summed E-state index contributed by atoms with van der Waals surface area (Å²) < 4.78 is 15.4. The molecule has 2 saturated carbocycles. The molecule has 0 bridgehead atoms. The molecular formula is C24H24Cl2FN3O3. The van der Waals surface area contributed by atoms with Gasteiger partial charge >= 0.3 is 5.97 Å². The van der Waals surface area contributed by atoms with Crippen molar-refractivity contribution in [1.29, 1.82) is 0 Å². The summed E-state index contributed by atoms with van der Waals surface area (Å²) in [5, 5.41) is 13.1. The number of carboxylic acids is 1. The number of halogens is 3. The number of hydrogen-bond acceptors (Lipinski definition) is 4. The maximum absolute atomic E-state index is 15.4. The van der Waals surface area contributed by atoms with E-state index in [0.29, 0.717) is 24.1 Å². The van der Waals surface area contributed by atoms with Crippen molar-refractivity contribution in [3.63, 3.8) is 0 Å². The molecule has 3 aliphatic rings. The van der Waals surface area contributed by atoms with E-state index in [9.17, 15) is 14.7 Å². The number of nitrogens with one attached hydrogen (secondary N) is 1. The van der Waals surface area contributed by atoms with Gasteiger partial charge in [-0.05, 0) is 60.6 Å². The van der Waals surface area contributed by atoms with Gasteiger partial charge in [-0.25, -0.2) is 14.4 Å². The van der Waals surface area contributed by atoms with Crippen molar-refractivity contribution in [2.75, 3.05) is 5.32 Å². The molecular weight excluding hydrogens is 468 g/mol. The van der Waals surface area contributed by atoms with Gasteiger partial charge < -0.3 is 10.4 Å². The molecule has 2 N–H and O–H groups in total. The van der Waals surface area contributed by atoms with Gasteiger partial charge in [0.2, 0.25) is 5.91 Å². The number of nitrogens with zero attached hydrogens (tertiary/aromatic N) is 2. The van der Waals surface area contributed by atoms with Crippen molar-refractivity contribution in [3.8, 4) is 0 Å². The zero-order chi connectivity index (χ0) is 23.8.